The average Bonchev–Trinajstić information content (AvgIpc) is 3.73. The zero-order valence-electron chi connectivity index (χ0n) is 36.9. The largest absolute Gasteiger partial charge is 1.00 e. The van der Waals surface area contributed by atoms with Gasteiger partial charge in [-0.15, -0.1) is 16.7 Å². The zero-order valence-corrected chi connectivity index (χ0v) is 40.9. The summed E-state index contributed by atoms with van der Waals surface area (Å²) in [6.45, 7) is 27.3. The van der Waals surface area contributed by atoms with E-state index in [4.69, 9.17) is 0 Å². The zero-order chi connectivity index (χ0) is 43.6. The number of alkyl halides is 6. The fraction of sp³-hybridized carbons (Fsp3) is 0.412. The molecule has 0 aromatic heterocycles. The van der Waals surface area contributed by atoms with Gasteiger partial charge in [-0.05, 0) is 35.4 Å². The summed E-state index contributed by atoms with van der Waals surface area (Å²) in [6, 6.07) is 27.0. The maximum Gasteiger partial charge on any atom is -1.00 e. The molecule has 9 heteroatoms. The van der Waals surface area contributed by atoms with E-state index in [0.717, 1.165) is 54.9 Å². The molecular weight excluding hydrogens is 889 g/mol. The first kappa shape index (κ1) is 53.3. The van der Waals surface area contributed by atoms with Crippen LogP contribution in [0.25, 0.3) is 11.1 Å². The molecule has 0 saturated heterocycles. The van der Waals surface area contributed by atoms with Gasteiger partial charge in [0.15, 0.2) is 0 Å². The molecule has 0 radical (unpaired) electrons. The van der Waals surface area contributed by atoms with Crippen LogP contribution in [-0.2, 0) is 65.7 Å². The normalized spacial score (nSPS) is 12.5. The van der Waals surface area contributed by atoms with Crippen LogP contribution in [-0.4, -0.2) is 3.21 Å². The van der Waals surface area contributed by atoms with Crippen LogP contribution in [0, 0.1) is 19.9 Å². The molecule has 1 aliphatic rings. The molecule has 6 rings (SSSR count). The van der Waals surface area contributed by atoms with Gasteiger partial charge >= 0.3 is 137 Å². The molecule has 0 aliphatic heterocycles. The van der Waals surface area contributed by atoms with Crippen molar-refractivity contribution in [2.75, 3.05) is 0 Å². The van der Waals surface area contributed by atoms with E-state index in [1.165, 1.54) is 99.2 Å². The molecule has 0 fully saturated rings. The molecule has 0 saturated carbocycles. The third-order valence-electron chi connectivity index (χ3n) is 10.6. The van der Waals surface area contributed by atoms with Crippen molar-refractivity contribution in [3.63, 3.8) is 0 Å². The van der Waals surface area contributed by atoms with E-state index in [2.05, 4.69) is 126 Å². The number of aryl methyl sites for hydroxylation is 3. The van der Waals surface area contributed by atoms with Crippen molar-refractivity contribution in [2.45, 2.75) is 137 Å². The van der Waals surface area contributed by atoms with Crippen molar-refractivity contribution in [3.8, 4) is 11.1 Å². The van der Waals surface area contributed by atoms with Gasteiger partial charge in [-0.2, -0.15) is 41.0 Å². The van der Waals surface area contributed by atoms with Gasteiger partial charge in [-0.1, -0.05) is 124 Å². The van der Waals surface area contributed by atoms with Crippen molar-refractivity contribution < 1.29 is 75.4 Å². The Hall–Kier alpha value is -2.86. The Balaban J connectivity index is 0.000000317. The van der Waals surface area contributed by atoms with Crippen molar-refractivity contribution >= 4 is 3.21 Å². The van der Waals surface area contributed by atoms with E-state index in [0.29, 0.717) is 19.7 Å². The monoisotopic (exact) mass is 944 g/mol. The third kappa shape index (κ3) is 13.8. The smallest absolute Gasteiger partial charge is 1.00 e. The molecular formula is C51H58Cl2F6Zr-2. The fourth-order valence-electron chi connectivity index (χ4n) is 7.34. The van der Waals surface area contributed by atoms with Gasteiger partial charge in [0.25, 0.3) is 0 Å². The summed E-state index contributed by atoms with van der Waals surface area (Å²) in [5, 5.41) is 0. The molecule has 0 spiro atoms. The van der Waals surface area contributed by atoms with Gasteiger partial charge in [-0.25, -0.2) is 6.07 Å². The van der Waals surface area contributed by atoms with Crippen molar-refractivity contribution in [1.82, 2.24) is 0 Å². The van der Waals surface area contributed by atoms with E-state index in [-0.39, 0.29) is 35.6 Å². The maximum atomic E-state index is 12.5. The Morgan fingerprint density at radius 2 is 1.10 bits per heavy atom. The van der Waals surface area contributed by atoms with Crippen molar-refractivity contribution in [1.29, 1.82) is 0 Å². The number of hydrogen-bond donors (Lipinski definition) is 0. The molecule has 0 heterocycles. The first-order valence-corrected chi connectivity index (χ1v) is 21.2. The topological polar surface area (TPSA) is 0 Å². The minimum atomic E-state index is -4.41. The Morgan fingerprint density at radius 3 is 1.50 bits per heavy atom. The minimum absolute atomic E-state index is 0. The fourth-order valence-corrected chi connectivity index (χ4v) is 8.16. The second-order valence-electron chi connectivity index (χ2n) is 18.6. The van der Waals surface area contributed by atoms with Crippen LogP contribution in [0.1, 0.15) is 149 Å². The summed E-state index contributed by atoms with van der Waals surface area (Å²) in [7, 11) is 0. The molecule has 5 aromatic carbocycles. The minimum Gasteiger partial charge on any atom is -1.00 e. The van der Waals surface area contributed by atoms with Gasteiger partial charge in [0, 0.05) is 0 Å². The predicted molar refractivity (Wildman–Crippen MR) is 226 cm³/mol. The predicted octanol–water partition coefficient (Wildman–Crippen LogP) is 9.16. The summed E-state index contributed by atoms with van der Waals surface area (Å²) in [5.74, 6) is 0. The Bertz CT molecular complexity index is 2060. The quantitative estimate of drug-likeness (QED) is 0.120. The van der Waals surface area contributed by atoms with Crippen LogP contribution in [0.2, 0.25) is 0 Å². The Morgan fingerprint density at radius 1 is 0.633 bits per heavy atom. The number of rotatable bonds is 5. The van der Waals surface area contributed by atoms with E-state index in [1.807, 2.05) is 0 Å². The summed E-state index contributed by atoms with van der Waals surface area (Å²) in [6.07, 6.45) is -3.94. The van der Waals surface area contributed by atoms with E-state index < -0.39 is 23.5 Å². The molecule has 60 heavy (non-hydrogen) atoms. The molecule has 0 N–H and O–H groups in total. The third-order valence-corrected chi connectivity index (χ3v) is 12.0. The number of hydrogen-bond acceptors (Lipinski definition) is 0. The summed E-state index contributed by atoms with van der Waals surface area (Å²) in [4.78, 5) is 0. The maximum absolute atomic E-state index is 12.5. The SMILES string of the molecule is CCCCc1cc(C(C)(C)C)c[cH-]1.Cc1[c-]c2c(cc1C(C)(C)C)-c1cc(C(C)(C)C)c(C)cc1C2.FC(F)(F)c1ccc([C](=[Zr+2])c2ccc(C(F)(F)F)cc2)cc1.[Cl-].[Cl-]. The number of unbranched alkanes of at least 4 members (excludes halogenated alkanes) is 1. The Kier molecular flexibility index (Phi) is 18.2. The van der Waals surface area contributed by atoms with E-state index in [9.17, 15) is 26.3 Å². The van der Waals surface area contributed by atoms with Gasteiger partial charge in [0.2, 0.25) is 0 Å². The van der Waals surface area contributed by atoms with Crippen LogP contribution in [0.3, 0.4) is 0 Å². The second kappa shape index (κ2) is 20.6. The molecule has 0 atom stereocenters. The molecule has 0 nitrogen and oxygen atoms in total. The van der Waals surface area contributed by atoms with Crippen LogP contribution in [0.15, 0.2) is 84.9 Å². The molecule has 0 unspecified atom stereocenters. The van der Waals surface area contributed by atoms with Crippen molar-refractivity contribution in [3.05, 3.63) is 158 Å². The molecule has 324 valence electrons. The van der Waals surface area contributed by atoms with Gasteiger partial charge in [0.1, 0.15) is 0 Å². The number of fused-ring (bicyclic) bond motifs is 3. The van der Waals surface area contributed by atoms with E-state index in [1.54, 1.807) is 0 Å². The standard InChI is InChI=1S/C23H29.C15H8F6.C13H21.2ClH.Zr/c1-14-9-16-11-17-10-15(2)21(23(6,7)8)13-19(17)18(16)12-20(14)22(3,4)5;16-14(17,18)12-5-1-10(2-6-12)9-11-3-7-13(8-4-11)15(19,20)21;1-5-6-7-11-8-9-12(10-11)13(2,3)4;;;/h9,12-13H,11H2,1-8H3;1-8H;8-10H,5-7H2,1-4H3;2*1H;/q-1;;-1;;;+2/p-2. The molecule has 0 bridgehead atoms. The van der Waals surface area contributed by atoms with Crippen LogP contribution >= 0.6 is 0 Å². The van der Waals surface area contributed by atoms with E-state index >= 15 is 0 Å². The molecule has 0 amide bonds. The Labute approximate surface area is 382 Å². The summed E-state index contributed by atoms with van der Waals surface area (Å²) in [5.41, 5.74) is 14.5. The molecule has 5 aromatic rings. The molecule has 1 aliphatic carbocycles. The van der Waals surface area contributed by atoms with Crippen LogP contribution < -0.4 is 24.8 Å². The van der Waals surface area contributed by atoms with Crippen LogP contribution in [0.5, 0.6) is 0 Å². The average molecular weight is 947 g/mol. The number of halogens is 8. The first-order chi connectivity index (χ1) is 26.6. The van der Waals surface area contributed by atoms with Gasteiger partial charge < -0.3 is 24.8 Å². The second-order valence-corrected chi connectivity index (χ2v) is 19.8. The van der Waals surface area contributed by atoms with Crippen LogP contribution in [0.4, 0.5) is 26.3 Å². The summed E-state index contributed by atoms with van der Waals surface area (Å²) < 4.78 is 75.6. The van der Waals surface area contributed by atoms with Crippen molar-refractivity contribution in [2.24, 2.45) is 0 Å². The summed E-state index contributed by atoms with van der Waals surface area (Å²) >= 11 is 0.898. The number of benzene rings is 4. The first-order valence-electron chi connectivity index (χ1n) is 20.0. The van der Waals surface area contributed by atoms with Gasteiger partial charge in [0.05, 0.1) is 0 Å². The van der Waals surface area contributed by atoms with Gasteiger partial charge in [-0.3, -0.25) is 0 Å².